The normalized spacial score (nSPS) is 18.9. The van der Waals surface area contributed by atoms with Gasteiger partial charge in [0.2, 0.25) is 5.91 Å². The number of nitrogens with one attached hydrogen (secondary N) is 1. The first kappa shape index (κ1) is 15.5. The number of amides is 1. The number of nitrogens with zero attached hydrogens (tertiary/aromatic N) is 1. The molecule has 1 fully saturated rings. The number of carbonyl (C=O) groups excluding carboxylic acids is 1. The van der Waals surface area contributed by atoms with Crippen molar-refractivity contribution < 1.29 is 4.79 Å². The van der Waals surface area contributed by atoms with E-state index >= 15 is 0 Å². The molecule has 1 N–H and O–H groups in total. The van der Waals surface area contributed by atoms with Crippen LogP contribution in [0.2, 0.25) is 0 Å². The predicted octanol–water partition coefficient (Wildman–Crippen LogP) is 3.23. The van der Waals surface area contributed by atoms with E-state index in [1.807, 2.05) is 0 Å². The Hall–Kier alpha value is -1.35. The Labute approximate surface area is 134 Å². The maximum atomic E-state index is 12.3. The van der Waals surface area contributed by atoms with E-state index in [1.54, 1.807) is 0 Å². The second-order valence-corrected chi connectivity index (χ2v) is 6.82. The fourth-order valence-corrected chi connectivity index (χ4v) is 3.52. The monoisotopic (exact) mass is 300 g/mol. The quantitative estimate of drug-likeness (QED) is 0.875. The van der Waals surface area contributed by atoms with Crippen molar-refractivity contribution in [3.8, 4) is 0 Å². The number of hydrogen-bond donors (Lipinski definition) is 1. The molecule has 0 unspecified atom stereocenters. The summed E-state index contributed by atoms with van der Waals surface area (Å²) in [5.74, 6) is 0.152. The maximum Gasteiger partial charge on any atom is 0.234 e. The van der Waals surface area contributed by atoms with Crippen molar-refractivity contribution in [3.05, 3.63) is 34.9 Å². The molecule has 0 bridgehead atoms. The molecular weight excluding hydrogens is 272 g/mol. The molecule has 0 spiro atoms. The zero-order valence-corrected chi connectivity index (χ0v) is 13.9. The van der Waals surface area contributed by atoms with Crippen LogP contribution in [0.4, 0.5) is 0 Å². The number of aryl methyl sites for hydroxylation is 2. The van der Waals surface area contributed by atoms with Gasteiger partial charge in [0, 0.05) is 6.04 Å². The number of carbonyl (C=O) groups is 1. The van der Waals surface area contributed by atoms with Gasteiger partial charge in [-0.05, 0) is 68.7 Å². The minimum Gasteiger partial charge on any atom is -0.348 e. The van der Waals surface area contributed by atoms with Crippen molar-refractivity contribution in [1.82, 2.24) is 10.2 Å². The number of benzene rings is 1. The fourth-order valence-electron chi connectivity index (χ4n) is 3.52. The van der Waals surface area contributed by atoms with E-state index < -0.39 is 0 Å². The van der Waals surface area contributed by atoms with Crippen LogP contribution in [0.5, 0.6) is 0 Å². The standard InChI is InChI=1S/C19H28N2O/c1-3-21(18-10-11-18)13-19(22)20-14(2)16-9-8-15-6-4-5-7-17(15)12-16/h8-9,12,14,18H,3-7,10-11,13H2,1-2H3,(H,20,22)/t14-/m0/s1. The smallest absolute Gasteiger partial charge is 0.234 e. The van der Waals surface area contributed by atoms with Crippen molar-refractivity contribution in [2.75, 3.05) is 13.1 Å². The number of hydrogen-bond acceptors (Lipinski definition) is 2. The molecule has 2 aliphatic carbocycles. The Kier molecular flexibility index (Phi) is 4.82. The first-order valence-electron chi connectivity index (χ1n) is 8.82. The van der Waals surface area contributed by atoms with Crippen LogP contribution < -0.4 is 5.32 Å². The van der Waals surface area contributed by atoms with E-state index in [0.29, 0.717) is 12.6 Å². The lowest BCUT2D eigenvalue weighted by molar-refractivity contribution is -0.123. The van der Waals surface area contributed by atoms with Crippen molar-refractivity contribution in [3.63, 3.8) is 0 Å². The third kappa shape index (κ3) is 3.70. The molecule has 120 valence electrons. The highest BCUT2D eigenvalue weighted by Gasteiger charge is 2.29. The lowest BCUT2D eigenvalue weighted by atomic mass is 9.89. The van der Waals surface area contributed by atoms with Gasteiger partial charge in [-0.25, -0.2) is 0 Å². The molecule has 1 aromatic rings. The van der Waals surface area contributed by atoms with E-state index in [-0.39, 0.29) is 11.9 Å². The predicted molar refractivity (Wildman–Crippen MR) is 89.9 cm³/mol. The van der Waals surface area contributed by atoms with Gasteiger partial charge in [-0.3, -0.25) is 9.69 Å². The molecular formula is C19H28N2O. The Bertz CT molecular complexity index is 536. The summed E-state index contributed by atoms with van der Waals surface area (Å²) in [4.78, 5) is 14.6. The van der Waals surface area contributed by atoms with E-state index in [2.05, 4.69) is 42.3 Å². The second-order valence-electron chi connectivity index (χ2n) is 6.82. The van der Waals surface area contributed by atoms with Gasteiger partial charge >= 0.3 is 0 Å². The molecule has 0 saturated heterocycles. The molecule has 3 nitrogen and oxygen atoms in total. The van der Waals surface area contributed by atoms with Gasteiger partial charge in [0.15, 0.2) is 0 Å². The van der Waals surface area contributed by atoms with Crippen LogP contribution in [0.15, 0.2) is 18.2 Å². The van der Waals surface area contributed by atoms with Gasteiger partial charge < -0.3 is 5.32 Å². The van der Waals surface area contributed by atoms with E-state index in [0.717, 1.165) is 6.54 Å². The lowest BCUT2D eigenvalue weighted by Gasteiger charge is -2.22. The summed E-state index contributed by atoms with van der Waals surface area (Å²) in [6.07, 6.45) is 7.51. The summed E-state index contributed by atoms with van der Waals surface area (Å²) in [6.45, 7) is 5.73. The van der Waals surface area contributed by atoms with Crippen LogP contribution in [-0.2, 0) is 17.6 Å². The van der Waals surface area contributed by atoms with E-state index in [4.69, 9.17) is 0 Å². The highest BCUT2D eigenvalue weighted by molar-refractivity contribution is 5.78. The minimum atomic E-state index is 0.0950. The molecule has 0 heterocycles. The molecule has 0 aliphatic heterocycles. The largest absolute Gasteiger partial charge is 0.348 e. The topological polar surface area (TPSA) is 32.3 Å². The summed E-state index contributed by atoms with van der Waals surface area (Å²) in [5.41, 5.74) is 4.22. The Morgan fingerprint density at radius 1 is 1.27 bits per heavy atom. The SMILES string of the molecule is CCN(CC(=O)N[C@@H](C)c1ccc2c(c1)CCCC2)C1CC1. The maximum absolute atomic E-state index is 12.3. The summed E-state index contributed by atoms with van der Waals surface area (Å²) in [5, 5.41) is 3.17. The van der Waals surface area contributed by atoms with E-state index in [1.165, 1.54) is 55.2 Å². The molecule has 1 atom stereocenters. The zero-order valence-electron chi connectivity index (χ0n) is 13.9. The first-order chi connectivity index (χ1) is 10.7. The zero-order chi connectivity index (χ0) is 15.5. The van der Waals surface area contributed by atoms with Crippen LogP contribution in [-0.4, -0.2) is 29.9 Å². The molecule has 3 heteroatoms. The van der Waals surface area contributed by atoms with Crippen molar-refractivity contribution in [1.29, 1.82) is 0 Å². The van der Waals surface area contributed by atoms with Crippen LogP contribution in [0.3, 0.4) is 0 Å². The van der Waals surface area contributed by atoms with Crippen molar-refractivity contribution in [2.45, 2.75) is 64.5 Å². The van der Waals surface area contributed by atoms with E-state index in [9.17, 15) is 4.79 Å². The summed E-state index contributed by atoms with van der Waals surface area (Å²) >= 11 is 0. The van der Waals surface area contributed by atoms with Crippen molar-refractivity contribution >= 4 is 5.91 Å². The molecule has 0 aromatic heterocycles. The van der Waals surface area contributed by atoms with Crippen molar-refractivity contribution in [2.24, 2.45) is 0 Å². The third-order valence-electron chi connectivity index (χ3n) is 5.07. The highest BCUT2D eigenvalue weighted by Crippen LogP contribution is 2.27. The highest BCUT2D eigenvalue weighted by atomic mass is 16.2. The van der Waals surface area contributed by atoms with Gasteiger partial charge in [0.25, 0.3) is 0 Å². The Balaban J connectivity index is 1.58. The Morgan fingerprint density at radius 2 is 2.00 bits per heavy atom. The second kappa shape index (κ2) is 6.82. The van der Waals surface area contributed by atoms with Crippen LogP contribution >= 0.6 is 0 Å². The molecule has 1 saturated carbocycles. The number of rotatable bonds is 6. The van der Waals surface area contributed by atoms with Crippen LogP contribution in [0.1, 0.15) is 62.3 Å². The molecule has 0 radical (unpaired) electrons. The third-order valence-corrected chi connectivity index (χ3v) is 5.07. The average Bonchev–Trinajstić information content (AvgIpc) is 3.37. The molecule has 2 aliphatic rings. The summed E-state index contributed by atoms with van der Waals surface area (Å²) < 4.78 is 0. The number of likely N-dealkylation sites (N-methyl/N-ethyl adjacent to an activating group) is 1. The molecule has 1 amide bonds. The fraction of sp³-hybridized carbons (Fsp3) is 0.632. The van der Waals surface area contributed by atoms with Gasteiger partial charge in [-0.15, -0.1) is 0 Å². The van der Waals surface area contributed by atoms with Gasteiger partial charge in [0.1, 0.15) is 0 Å². The van der Waals surface area contributed by atoms with Gasteiger partial charge in [-0.1, -0.05) is 25.1 Å². The molecule has 3 rings (SSSR count). The lowest BCUT2D eigenvalue weighted by Crippen LogP contribution is -2.39. The number of fused-ring (bicyclic) bond motifs is 1. The first-order valence-corrected chi connectivity index (χ1v) is 8.82. The minimum absolute atomic E-state index is 0.0950. The van der Waals surface area contributed by atoms with Gasteiger partial charge in [-0.2, -0.15) is 0 Å². The Morgan fingerprint density at radius 3 is 2.68 bits per heavy atom. The molecule has 22 heavy (non-hydrogen) atoms. The average molecular weight is 300 g/mol. The summed E-state index contributed by atoms with van der Waals surface area (Å²) in [6, 6.07) is 7.49. The van der Waals surface area contributed by atoms with Crippen LogP contribution in [0.25, 0.3) is 0 Å². The van der Waals surface area contributed by atoms with Crippen LogP contribution in [0, 0.1) is 0 Å². The molecule has 1 aromatic carbocycles. The summed E-state index contributed by atoms with van der Waals surface area (Å²) in [7, 11) is 0. The van der Waals surface area contributed by atoms with Gasteiger partial charge in [0.05, 0.1) is 12.6 Å².